The molecule has 7 nitrogen and oxygen atoms in total. The highest BCUT2D eigenvalue weighted by Crippen LogP contribution is 2.26. The number of carbonyl (C=O) groups excluding carboxylic acids is 1. The van der Waals surface area contributed by atoms with Gasteiger partial charge in [0.2, 0.25) is 15.9 Å². The SMILES string of the molecule is CC1CCN(S(=O)(=O)c2ccc(NC(=O)Cc3csc4nc(-c5ccccc5)cn34)cc2)CC1. The molecule has 1 aliphatic rings. The fourth-order valence-corrected chi connectivity index (χ4v) is 6.50. The molecule has 0 unspecified atom stereocenters. The molecule has 1 aliphatic heterocycles. The summed E-state index contributed by atoms with van der Waals surface area (Å²) >= 11 is 1.50. The number of hydrogen-bond acceptors (Lipinski definition) is 5. The average Bonchev–Trinajstić information content (AvgIpc) is 3.42. The van der Waals surface area contributed by atoms with E-state index in [1.807, 2.05) is 46.3 Å². The Hall–Kier alpha value is -3.01. The standard InChI is InChI=1S/C25H26N4O3S2/c1-18-11-13-28(14-12-18)34(31,32)22-9-7-20(8-10-22)26-24(30)15-21-17-33-25-27-23(16-29(21)25)19-5-3-2-4-6-19/h2-10,16-18H,11-15H2,1H3,(H,26,30). The Morgan fingerprint density at radius 1 is 1.09 bits per heavy atom. The van der Waals surface area contributed by atoms with Crippen LogP contribution in [-0.4, -0.2) is 41.1 Å². The fraction of sp³-hybridized carbons (Fsp3) is 0.280. The van der Waals surface area contributed by atoms with Crippen molar-refractivity contribution in [3.63, 3.8) is 0 Å². The van der Waals surface area contributed by atoms with E-state index in [1.165, 1.54) is 11.3 Å². The van der Waals surface area contributed by atoms with Gasteiger partial charge in [0.15, 0.2) is 4.96 Å². The van der Waals surface area contributed by atoms with Gasteiger partial charge in [-0.3, -0.25) is 9.20 Å². The van der Waals surface area contributed by atoms with Gasteiger partial charge in [0.1, 0.15) is 0 Å². The Morgan fingerprint density at radius 3 is 2.50 bits per heavy atom. The maximum absolute atomic E-state index is 12.9. The molecule has 1 saturated heterocycles. The molecule has 5 rings (SSSR count). The summed E-state index contributed by atoms with van der Waals surface area (Å²) in [6, 6.07) is 16.3. The number of imidazole rings is 1. The van der Waals surface area contributed by atoms with Crippen LogP contribution in [0.5, 0.6) is 0 Å². The highest BCUT2D eigenvalue weighted by molar-refractivity contribution is 7.89. The van der Waals surface area contributed by atoms with E-state index in [-0.39, 0.29) is 17.2 Å². The summed E-state index contributed by atoms with van der Waals surface area (Å²) < 4.78 is 29.3. The molecule has 1 fully saturated rings. The molecule has 176 valence electrons. The van der Waals surface area contributed by atoms with E-state index in [1.54, 1.807) is 28.6 Å². The summed E-state index contributed by atoms with van der Waals surface area (Å²) in [7, 11) is -3.50. The predicted octanol–water partition coefficient (Wildman–Crippen LogP) is 4.66. The third-order valence-corrected chi connectivity index (χ3v) is 9.01. The van der Waals surface area contributed by atoms with Crippen LogP contribution in [0.15, 0.2) is 71.1 Å². The van der Waals surface area contributed by atoms with Crippen molar-refractivity contribution in [2.75, 3.05) is 18.4 Å². The number of aromatic nitrogens is 2. The van der Waals surface area contributed by atoms with Crippen LogP contribution in [0.4, 0.5) is 5.69 Å². The van der Waals surface area contributed by atoms with Crippen molar-refractivity contribution >= 4 is 37.9 Å². The molecule has 1 amide bonds. The summed E-state index contributed by atoms with van der Waals surface area (Å²) in [5.74, 6) is 0.385. The van der Waals surface area contributed by atoms with E-state index in [0.29, 0.717) is 24.7 Å². The zero-order valence-electron chi connectivity index (χ0n) is 18.8. The van der Waals surface area contributed by atoms with Crippen molar-refractivity contribution in [1.29, 1.82) is 0 Å². The van der Waals surface area contributed by atoms with E-state index in [9.17, 15) is 13.2 Å². The largest absolute Gasteiger partial charge is 0.326 e. The molecule has 0 spiro atoms. The number of amides is 1. The summed E-state index contributed by atoms with van der Waals surface area (Å²) in [6.45, 7) is 3.26. The van der Waals surface area contributed by atoms with Crippen molar-refractivity contribution in [3.8, 4) is 11.3 Å². The van der Waals surface area contributed by atoms with Crippen molar-refractivity contribution in [2.45, 2.75) is 31.1 Å². The number of carbonyl (C=O) groups is 1. The topological polar surface area (TPSA) is 83.8 Å². The average molecular weight is 495 g/mol. The number of thiazole rings is 1. The molecule has 4 aromatic rings. The summed E-state index contributed by atoms with van der Waals surface area (Å²) in [6.07, 6.45) is 3.90. The first-order valence-electron chi connectivity index (χ1n) is 11.3. The van der Waals surface area contributed by atoms with Gasteiger partial charge in [0, 0.05) is 41.6 Å². The highest BCUT2D eigenvalue weighted by Gasteiger charge is 2.28. The molecule has 0 aliphatic carbocycles. The minimum absolute atomic E-state index is 0.171. The van der Waals surface area contributed by atoms with Gasteiger partial charge in [-0.15, -0.1) is 11.3 Å². The van der Waals surface area contributed by atoms with Crippen LogP contribution in [-0.2, 0) is 21.2 Å². The number of nitrogens with zero attached hydrogens (tertiary/aromatic N) is 3. The van der Waals surface area contributed by atoms with Crippen molar-refractivity contribution in [1.82, 2.24) is 13.7 Å². The lowest BCUT2D eigenvalue weighted by molar-refractivity contribution is -0.115. The van der Waals surface area contributed by atoms with Crippen LogP contribution >= 0.6 is 11.3 Å². The van der Waals surface area contributed by atoms with Gasteiger partial charge in [-0.25, -0.2) is 13.4 Å². The first-order chi connectivity index (χ1) is 16.4. The van der Waals surface area contributed by atoms with Crippen LogP contribution in [0.2, 0.25) is 0 Å². The van der Waals surface area contributed by atoms with Gasteiger partial charge in [-0.2, -0.15) is 4.31 Å². The van der Waals surface area contributed by atoms with Gasteiger partial charge in [-0.05, 0) is 43.0 Å². The minimum Gasteiger partial charge on any atom is -0.326 e. The Morgan fingerprint density at radius 2 is 1.79 bits per heavy atom. The second-order valence-electron chi connectivity index (χ2n) is 8.71. The lowest BCUT2D eigenvalue weighted by Crippen LogP contribution is -2.37. The second-order valence-corrected chi connectivity index (χ2v) is 11.5. The molecule has 9 heteroatoms. The van der Waals surface area contributed by atoms with Gasteiger partial charge in [0.25, 0.3) is 0 Å². The van der Waals surface area contributed by atoms with Crippen molar-refractivity contribution in [2.24, 2.45) is 5.92 Å². The van der Waals surface area contributed by atoms with Gasteiger partial charge in [-0.1, -0.05) is 37.3 Å². The van der Waals surface area contributed by atoms with Crippen LogP contribution in [0, 0.1) is 5.92 Å². The first kappa shape index (κ1) is 22.8. The minimum atomic E-state index is -3.50. The number of piperidine rings is 1. The molecule has 0 saturated carbocycles. The van der Waals surface area contributed by atoms with E-state index in [4.69, 9.17) is 0 Å². The number of rotatable bonds is 6. The molecule has 2 aromatic carbocycles. The normalized spacial score (nSPS) is 15.6. The highest BCUT2D eigenvalue weighted by atomic mass is 32.2. The Bertz CT molecular complexity index is 1400. The van der Waals surface area contributed by atoms with E-state index in [2.05, 4.69) is 17.2 Å². The van der Waals surface area contributed by atoms with Crippen LogP contribution < -0.4 is 5.32 Å². The van der Waals surface area contributed by atoms with E-state index in [0.717, 1.165) is 34.8 Å². The molecule has 34 heavy (non-hydrogen) atoms. The molecular formula is C25H26N4O3S2. The maximum Gasteiger partial charge on any atom is 0.243 e. The Kier molecular flexibility index (Phi) is 6.24. The Labute approximate surface area is 203 Å². The quantitative estimate of drug-likeness (QED) is 0.422. The zero-order chi connectivity index (χ0) is 23.7. The molecule has 0 bridgehead atoms. The third kappa shape index (κ3) is 4.64. The molecule has 0 atom stereocenters. The lowest BCUT2D eigenvalue weighted by atomic mass is 10.0. The third-order valence-electron chi connectivity index (χ3n) is 6.21. The predicted molar refractivity (Wildman–Crippen MR) is 134 cm³/mol. The molecule has 3 heterocycles. The number of anilines is 1. The summed E-state index contributed by atoms with van der Waals surface area (Å²) in [4.78, 5) is 18.4. The van der Waals surface area contributed by atoms with Gasteiger partial charge < -0.3 is 5.32 Å². The van der Waals surface area contributed by atoms with Gasteiger partial charge in [0.05, 0.1) is 17.0 Å². The van der Waals surface area contributed by atoms with Crippen LogP contribution in [0.25, 0.3) is 16.2 Å². The summed E-state index contributed by atoms with van der Waals surface area (Å²) in [5, 5.41) is 4.81. The molecule has 0 radical (unpaired) electrons. The van der Waals surface area contributed by atoms with Crippen molar-refractivity contribution < 1.29 is 13.2 Å². The molecular weight excluding hydrogens is 468 g/mol. The smallest absolute Gasteiger partial charge is 0.243 e. The molecule has 2 aromatic heterocycles. The maximum atomic E-state index is 12.9. The number of hydrogen-bond donors (Lipinski definition) is 1. The number of nitrogens with one attached hydrogen (secondary N) is 1. The number of benzene rings is 2. The number of fused-ring (bicyclic) bond motifs is 1. The Balaban J connectivity index is 1.25. The first-order valence-corrected chi connectivity index (χ1v) is 13.6. The van der Waals surface area contributed by atoms with Crippen molar-refractivity contribution in [3.05, 3.63) is 71.9 Å². The lowest BCUT2D eigenvalue weighted by Gasteiger charge is -2.29. The summed E-state index contributed by atoms with van der Waals surface area (Å²) in [5.41, 5.74) is 3.32. The fourth-order valence-electron chi connectivity index (χ4n) is 4.16. The number of sulfonamides is 1. The van der Waals surface area contributed by atoms with E-state index < -0.39 is 10.0 Å². The van der Waals surface area contributed by atoms with Crippen LogP contribution in [0.1, 0.15) is 25.5 Å². The second kappa shape index (κ2) is 9.32. The molecule has 1 N–H and O–H groups in total. The van der Waals surface area contributed by atoms with Crippen LogP contribution in [0.3, 0.4) is 0 Å². The van der Waals surface area contributed by atoms with E-state index >= 15 is 0 Å². The van der Waals surface area contributed by atoms with Gasteiger partial charge >= 0.3 is 0 Å². The monoisotopic (exact) mass is 494 g/mol. The zero-order valence-corrected chi connectivity index (χ0v) is 20.5.